The minimum atomic E-state index is 0.00618. The quantitative estimate of drug-likeness (QED) is 0.896. The number of morpholine rings is 1. The Hall–Kier alpha value is -1.39. The van der Waals surface area contributed by atoms with E-state index in [-0.39, 0.29) is 18.1 Å². The van der Waals surface area contributed by atoms with E-state index in [0.717, 1.165) is 18.7 Å². The van der Waals surface area contributed by atoms with Crippen LogP contribution < -0.4 is 5.32 Å². The van der Waals surface area contributed by atoms with Gasteiger partial charge in [-0.05, 0) is 12.5 Å². The minimum absolute atomic E-state index is 0.00618. The van der Waals surface area contributed by atoms with E-state index in [1.165, 1.54) is 0 Å². The first-order valence-electron chi connectivity index (χ1n) is 6.81. The summed E-state index contributed by atoms with van der Waals surface area (Å²) >= 11 is 0. The van der Waals surface area contributed by atoms with Gasteiger partial charge in [-0.2, -0.15) is 0 Å². The van der Waals surface area contributed by atoms with E-state index >= 15 is 0 Å². The molecular weight excluding hydrogens is 240 g/mol. The Morgan fingerprint density at radius 3 is 2.84 bits per heavy atom. The number of carbonyl (C=O) groups is 1. The van der Waals surface area contributed by atoms with Gasteiger partial charge in [0.2, 0.25) is 5.91 Å². The third-order valence-corrected chi connectivity index (χ3v) is 3.66. The number of benzene rings is 1. The van der Waals surface area contributed by atoms with E-state index < -0.39 is 0 Å². The lowest BCUT2D eigenvalue weighted by Crippen LogP contribution is -2.42. The average Bonchev–Trinajstić information content (AvgIpc) is 2.47. The van der Waals surface area contributed by atoms with Crippen molar-refractivity contribution in [2.45, 2.75) is 25.5 Å². The highest BCUT2D eigenvalue weighted by Crippen LogP contribution is 2.19. The monoisotopic (exact) mass is 262 g/mol. The number of rotatable bonds is 4. The highest BCUT2D eigenvalue weighted by Gasteiger charge is 2.22. The lowest BCUT2D eigenvalue weighted by atomic mass is 10.1. The third-order valence-electron chi connectivity index (χ3n) is 3.66. The fourth-order valence-corrected chi connectivity index (χ4v) is 2.26. The Balaban J connectivity index is 1.91. The van der Waals surface area contributed by atoms with Crippen LogP contribution in [0.15, 0.2) is 30.3 Å². The van der Waals surface area contributed by atoms with Gasteiger partial charge in [-0.25, -0.2) is 0 Å². The number of nitrogens with zero attached hydrogens (tertiary/aromatic N) is 1. The molecular formula is C15H22N2O2. The van der Waals surface area contributed by atoms with Crippen molar-refractivity contribution in [3.63, 3.8) is 0 Å². The minimum Gasteiger partial charge on any atom is -0.375 e. The maximum Gasteiger partial charge on any atom is 0.225 e. The molecule has 1 amide bonds. The summed E-state index contributed by atoms with van der Waals surface area (Å²) in [5.74, 6) is 0.130. The van der Waals surface area contributed by atoms with E-state index in [2.05, 4.69) is 5.32 Å². The molecule has 1 N–H and O–H groups in total. The van der Waals surface area contributed by atoms with Crippen molar-refractivity contribution in [1.82, 2.24) is 10.2 Å². The van der Waals surface area contributed by atoms with Crippen LogP contribution >= 0.6 is 0 Å². The fourth-order valence-electron chi connectivity index (χ4n) is 2.26. The Morgan fingerprint density at radius 2 is 2.21 bits per heavy atom. The van der Waals surface area contributed by atoms with Crippen molar-refractivity contribution in [2.24, 2.45) is 0 Å². The predicted molar refractivity (Wildman–Crippen MR) is 74.9 cm³/mol. The summed E-state index contributed by atoms with van der Waals surface area (Å²) < 4.78 is 5.57. The molecule has 0 saturated carbocycles. The van der Waals surface area contributed by atoms with Crippen LogP contribution in [0.4, 0.5) is 0 Å². The van der Waals surface area contributed by atoms with Crippen LogP contribution in [0.3, 0.4) is 0 Å². The molecule has 0 aromatic heterocycles. The maximum absolute atomic E-state index is 12.2. The van der Waals surface area contributed by atoms with Crippen LogP contribution in [0.5, 0.6) is 0 Å². The Morgan fingerprint density at radius 1 is 1.47 bits per heavy atom. The van der Waals surface area contributed by atoms with Crippen LogP contribution in [-0.4, -0.2) is 43.7 Å². The molecule has 0 aliphatic carbocycles. The lowest BCUT2D eigenvalue weighted by molar-refractivity contribution is -0.135. The van der Waals surface area contributed by atoms with Crippen LogP contribution in [0.25, 0.3) is 0 Å². The number of amides is 1. The van der Waals surface area contributed by atoms with Crippen molar-refractivity contribution >= 4 is 5.91 Å². The summed E-state index contributed by atoms with van der Waals surface area (Å²) in [7, 11) is 1.86. The van der Waals surface area contributed by atoms with E-state index in [4.69, 9.17) is 4.74 Å². The topological polar surface area (TPSA) is 41.6 Å². The number of ether oxygens (including phenoxy) is 1. The van der Waals surface area contributed by atoms with Gasteiger partial charge in [-0.1, -0.05) is 30.3 Å². The van der Waals surface area contributed by atoms with E-state index in [1.54, 1.807) is 4.90 Å². The summed E-state index contributed by atoms with van der Waals surface area (Å²) in [6.07, 6.45) is 0.451. The second-order valence-electron chi connectivity index (χ2n) is 4.99. The maximum atomic E-state index is 12.2. The summed E-state index contributed by atoms with van der Waals surface area (Å²) in [6.45, 7) is 4.38. The first-order valence-corrected chi connectivity index (χ1v) is 6.81. The predicted octanol–water partition coefficient (Wildman–Crippen LogP) is 1.58. The summed E-state index contributed by atoms with van der Waals surface area (Å²) in [6, 6.07) is 10.2. The molecule has 2 unspecified atom stereocenters. The first kappa shape index (κ1) is 14.0. The third kappa shape index (κ3) is 3.78. The molecule has 0 radical (unpaired) electrons. The zero-order valence-electron chi connectivity index (χ0n) is 11.6. The highest BCUT2D eigenvalue weighted by molar-refractivity contribution is 5.77. The van der Waals surface area contributed by atoms with Crippen LogP contribution in [-0.2, 0) is 9.53 Å². The number of carbonyl (C=O) groups excluding carboxylic acids is 1. The lowest BCUT2D eigenvalue weighted by Gasteiger charge is -2.29. The molecule has 104 valence electrons. The van der Waals surface area contributed by atoms with Gasteiger partial charge in [0.05, 0.1) is 25.2 Å². The standard InChI is InChI=1S/C15H22N2O2/c1-12(13-6-4-3-5-7-13)17(2)15(18)10-14-11-16-8-9-19-14/h3-7,12,14,16H,8-11H2,1-2H3. The van der Waals surface area contributed by atoms with Gasteiger partial charge in [0.1, 0.15) is 0 Å². The van der Waals surface area contributed by atoms with Crippen LogP contribution in [0, 0.1) is 0 Å². The highest BCUT2D eigenvalue weighted by atomic mass is 16.5. The largest absolute Gasteiger partial charge is 0.375 e. The van der Waals surface area contributed by atoms with Gasteiger partial charge in [-0.3, -0.25) is 4.79 Å². The van der Waals surface area contributed by atoms with Gasteiger partial charge in [0, 0.05) is 20.1 Å². The number of hydrogen-bond donors (Lipinski definition) is 1. The van der Waals surface area contributed by atoms with Crippen molar-refractivity contribution in [1.29, 1.82) is 0 Å². The molecule has 1 heterocycles. The van der Waals surface area contributed by atoms with Gasteiger partial charge in [0.15, 0.2) is 0 Å². The van der Waals surface area contributed by atoms with Crippen molar-refractivity contribution < 1.29 is 9.53 Å². The molecule has 19 heavy (non-hydrogen) atoms. The summed E-state index contributed by atoms with van der Waals surface area (Å²) in [5, 5.41) is 3.24. The SMILES string of the molecule is CC(c1ccccc1)N(C)C(=O)CC1CNCCO1. The molecule has 2 rings (SSSR count). The molecule has 4 heteroatoms. The molecule has 1 aromatic rings. The number of nitrogens with one attached hydrogen (secondary N) is 1. The number of hydrogen-bond acceptors (Lipinski definition) is 3. The van der Waals surface area contributed by atoms with Gasteiger partial charge >= 0.3 is 0 Å². The second-order valence-corrected chi connectivity index (χ2v) is 4.99. The second kappa shape index (κ2) is 6.68. The van der Waals surface area contributed by atoms with Crippen molar-refractivity contribution in [3.8, 4) is 0 Å². The molecule has 1 aliphatic heterocycles. The smallest absolute Gasteiger partial charge is 0.225 e. The van der Waals surface area contributed by atoms with E-state index in [1.807, 2.05) is 44.3 Å². The normalized spacial score (nSPS) is 20.8. The van der Waals surface area contributed by atoms with Gasteiger partial charge in [-0.15, -0.1) is 0 Å². The molecule has 4 nitrogen and oxygen atoms in total. The first-order chi connectivity index (χ1) is 9.18. The van der Waals surface area contributed by atoms with Crippen LogP contribution in [0.2, 0.25) is 0 Å². The summed E-state index contributed by atoms with van der Waals surface area (Å²) in [5.41, 5.74) is 1.15. The fraction of sp³-hybridized carbons (Fsp3) is 0.533. The van der Waals surface area contributed by atoms with Gasteiger partial charge in [0.25, 0.3) is 0 Å². The zero-order chi connectivity index (χ0) is 13.7. The molecule has 2 atom stereocenters. The van der Waals surface area contributed by atoms with Gasteiger partial charge < -0.3 is 15.0 Å². The molecule has 0 bridgehead atoms. The molecule has 1 fully saturated rings. The average molecular weight is 262 g/mol. The van der Waals surface area contributed by atoms with E-state index in [0.29, 0.717) is 13.0 Å². The molecule has 0 spiro atoms. The Kier molecular flexibility index (Phi) is 4.93. The van der Waals surface area contributed by atoms with Crippen molar-refractivity contribution in [2.75, 3.05) is 26.7 Å². The summed E-state index contributed by atoms with van der Waals surface area (Å²) in [4.78, 5) is 14.0. The molecule has 1 aliphatic rings. The van der Waals surface area contributed by atoms with E-state index in [9.17, 15) is 4.79 Å². The Bertz CT molecular complexity index is 402. The van der Waals surface area contributed by atoms with Crippen molar-refractivity contribution in [3.05, 3.63) is 35.9 Å². The molecule has 1 saturated heterocycles. The molecule has 1 aromatic carbocycles. The zero-order valence-corrected chi connectivity index (χ0v) is 11.6. The van der Waals surface area contributed by atoms with Crippen LogP contribution in [0.1, 0.15) is 24.9 Å². The Labute approximate surface area is 114 Å².